The van der Waals surface area contributed by atoms with Crippen LogP contribution in [-0.4, -0.2) is 9.13 Å². The molecule has 8 aromatic carbocycles. The predicted molar refractivity (Wildman–Crippen MR) is 237 cm³/mol. The lowest BCUT2D eigenvalue weighted by atomic mass is 9.97. The molecule has 284 valence electrons. The molecule has 0 N–H and O–H groups in total. The van der Waals surface area contributed by atoms with Gasteiger partial charge in [0.15, 0.2) is 5.69 Å². The monoisotopic (exact) mass is 771 g/mol. The minimum absolute atomic E-state index is 0.254. The maximum atomic E-state index is 14.4. The molecule has 0 aliphatic carbocycles. The van der Waals surface area contributed by atoms with E-state index in [4.69, 9.17) is 6.57 Å². The van der Waals surface area contributed by atoms with E-state index >= 15 is 0 Å². The molecule has 0 bridgehead atoms. The van der Waals surface area contributed by atoms with Gasteiger partial charge in [-0.25, -0.2) is 4.85 Å². The Hall–Kier alpha value is -7.36. The summed E-state index contributed by atoms with van der Waals surface area (Å²) in [5, 5.41) is 4.18. The summed E-state index contributed by atoms with van der Waals surface area (Å²) in [6.07, 6.45) is -4.56. The van der Waals surface area contributed by atoms with Gasteiger partial charge in [0.05, 0.1) is 45.6 Å². The van der Waals surface area contributed by atoms with Crippen molar-refractivity contribution in [3.05, 3.63) is 197 Å². The SMILES string of the molecule is [C-]#[N+]c1cc(-n2c3ccccc3c3ccc(-c4cccc(C)c4)cc32)c(-n2c3ccccc3c3ccc(-c4cccc(C)c4)cc32)cc1-c1cc(C)cc(C(F)(F)F)c1. The van der Waals surface area contributed by atoms with Crippen LogP contribution in [0.5, 0.6) is 0 Å². The molecule has 6 heteroatoms. The normalized spacial score (nSPS) is 11.9. The van der Waals surface area contributed by atoms with Crippen LogP contribution < -0.4 is 0 Å². The molecule has 2 heterocycles. The molecule has 0 amide bonds. The number of alkyl halides is 3. The zero-order chi connectivity index (χ0) is 40.6. The van der Waals surface area contributed by atoms with Gasteiger partial charge in [0.1, 0.15) is 0 Å². The molecule has 59 heavy (non-hydrogen) atoms. The molecule has 2 aromatic heterocycles. The number of aryl methyl sites for hydroxylation is 3. The highest BCUT2D eigenvalue weighted by Crippen LogP contribution is 2.45. The van der Waals surface area contributed by atoms with Gasteiger partial charge in [0.2, 0.25) is 0 Å². The largest absolute Gasteiger partial charge is 0.416 e. The summed E-state index contributed by atoms with van der Waals surface area (Å²) in [7, 11) is 0. The number of rotatable bonds is 5. The first-order chi connectivity index (χ1) is 28.6. The Bertz CT molecular complexity index is 3370. The quantitative estimate of drug-likeness (QED) is 0.155. The van der Waals surface area contributed by atoms with Crippen molar-refractivity contribution in [2.24, 2.45) is 0 Å². The number of nitrogens with zero attached hydrogens (tertiary/aromatic N) is 3. The fourth-order valence-electron chi connectivity index (χ4n) is 8.82. The predicted octanol–water partition coefficient (Wildman–Crippen LogP) is 15.4. The van der Waals surface area contributed by atoms with Crippen LogP contribution >= 0.6 is 0 Å². The number of fused-ring (bicyclic) bond motifs is 6. The molecule has 0 unspecified atom stereocenters. The Morgan fingerprint density at radius 2 is 0.898 bits per heavy atom. The smallest absolute Gasteiger partial charge is 0.308 e. The number of halogens is 3. The average molecular weight is 772 g/mol. The van der Waals surface area contributed by atoms with E-state index < -0.39 is 11.7 Å². The van der Waals surface area contributed by atoms with E-state index in [9.17, 15) is 13.2 Å². The van der Waals surface area contributed by atoms with Crippen molar-refractivity contribution in [2.75, 3.05) is 0 Å². The van der Waals surface area contributed by atoms with Gasteiger partial charge in [-0.05, 0) is 108 Å². The standard InChI is InChI=1S/C53H36F3N3/c1-32-11-9-13-35(23-32)37-19-21-43-41-15-5-7-17-47(41)58(49(43)28-37)51-30-45(39-25-34(3)26-40(27-39)53(54,55)56)46(57-4)31-52(51)59-48-18-8-6-16-42(48)44-22-20-38(29-50(44)59)36-14-10-12-33(2)24-36/h5-31H,1-3H3. The van der Waals surface area contributed by atoms with Gasteiger partial charge < -0.3 is 9.13 Å². The van der Waals surface area contributed by atoms with Gasteiger partial charge in [0, 0.05) is 21.5 Å². The van der Waals surface area contributed by atoms with Crippen LogP contribution in [0.1, 0.15) is 22.3 Å². The molecule has 0 aliphatic heterocycles. The summed E-state index contributed by atoms with van der Waals surface area (Å²) < 4.78 is 47.5. The van der Waals surface area contributed by atoms with Crippen molar-refractivity contribution in [3.63, 3.8) is 0 Å². The van der Waals surface area contributed by atoms with E-state index in [1.807, 2.05) is 36.4 Å². The number of hydrogen-bond donors (Lipinski definition) is 0. The maximum Gasteiger partial charge on any atom is 0.416 e. The van der Waals surface area contributed by atoms with E-state index in [-0.39, 0.29) is 5.69 Å². The Morgan fingerprint density at radius 1 is 0.424 bits per heavy atom. The highest BCUT2D eigenvalue weighted by Gasteiger charge is 2.31. The second-order valence-corrected chi connectivity index (χ2v) is 15.5. The third-order valence-electron chi connectivity index (χ3n) is 11.5. The van der Waals surface area contributed by atoms with Crippen molar-refractivity contribution in [1.82, 2.24) is 9.13 Å². The van der Waals surface area contributed by atoms with E-state index in [0.717, 1.165) is 100 Å². The van der Waals surface area contributed by atoms with Gasteiger partial charge in [-0.2, -0.15) is 13.2 Å². The third kappa shape index (κ3) is 6.06. The number of hydrogen-bond acceptors (Lipinski definition) is 0. The highest BCUT2D eigenvalue weighted by atomic mass is 19.4. The molecule has 0 fully saturated rings. The van der Waals surface area contributed by atoms with Gasteiger partial charge in [-0.1, -0.05) is 126 Å². The lowest BCUT2D eigenvalue weighted by Gasteiger charge is -2.20. The van der Waals surface area contributed by atoms with Crippen molar-refractivity contribution < 1.29 is 13.2 Å². The van der Waals surface area contributed by atoms with E-state index in [2.05, 4.69) is 137 Å². The average Bonchev–Trinajstić information content (AvgIpc) is 3.74. The molecule has 0 saturated carbocycles. The van der Waals surface area contributed by atoms with Gasteiger partial charge in [-0.15, -0.1) is 0 Å². The summed E-state index contributed by atoms with van der Waals surface area (Å²) in [4.78, 5) is 4.03. The fourth-order valence-corrected chi connectivity index (χ4v) is 8.82. The summed E-state index contributed by atoms with van der Waals surface area (Å²) in [6.45, 7) is 14.3. The van der Waals surface area contributed by atoms with Crippen LogP contribution in [0.25, 0.3) is 93.2 Å². The first-order valence-electron chi connectivity index (χ1n) is 19.5. The van der Waals surface area contributed by atoms with Gasteiger partial charge in [-0.3, -0.25) is 0 Å². The first-order valence-corrected chi connectivity index (χ1v) is 19.5. The van der Waals surface area contributed by atoms with Crippen LogP contribution in [-0.2, 0) is 6.18 Å². The first kappa shape index (κ1) is 36.0. The molecular formula is C53H36F3N3. The number of aromatic nitrogens is 2. The lowest BCUT2D eigenvalue weighted by Crippen LogP contribution is -2.06. The molecule has 0 saturated heterocycles. The van der Waals surface area contributed by atoms with Crippen molar-refractivity contribution >= 4 is 49.3 Å². The van der Waals surface area contributed by atoms with E-state index in [0.29, 0.717) is 16.7 Å². The Morgan fingerprint density at radius 3 is 1.41 bits per heavy atom. The van der Waals surface area contributed by atoms with Crippen LogP contribution in [0, 0.1) is 27.3 Å². The van der Waals surface area contributed by atoms with Crippen LogP contribution in [0.3, 0.4) is 0 Å². The fraction of sp³-hybridized carbons (Fsp3) is 0.0755. The topological polar surface area (TPSA) is 14.2 Å². The maximum absolute atomic E-state index is 14.4. The zero-order valence-electron chi connectivity index (χ0n) is 32.6. The Kier molecular flexibility index (Phi) is 8.33. The second kappa shape index (κ2) is 13.6. The Labute approximate surface area is 339 Å². The molecule has 0 atom stereocenters. The van der Waals surface area contributed by atoms with E-state index in [1.54, 1.807) is 13.0 Å². The van der Waals surface area contributed by atoms with Crippen molar-refractivity contribution in [3.8, 4) is 44.8 Å². The molecule has 10 aromatic rings. The van der Waals surface area contributed by atoms with Gasteiger partial charge >= 0.3 is 6.18 Å². The minimum atomic E-state index is -4.56. The molecule has 0 aliphatic rings. The molecule has 3 nitrogen and oxygen atoms in total. The van der Waals surface area contributed by atoms with Crippen molar-refractivity contribution in [1.29, 1.82) is 0 Å². The Balaban J connectivity index is 1.36. The number of benzene rings is 8. The summed E-state index contributed by atoms with van der Waals surface area (Å²) in [5.74, 6) is 0. The number of para-hydroxylation sites is 2. The molecule has 0 radical (unpaired) electrons. The minimum Gasteiger partial charge on any atom is -0.308 e. The van der Waals surface area contributed by atoms with Gasteiger partial charge in [0.25, 0.3) is 0 Å². The van der Waals surface area contributed by atoms with Crippen LogP contribution in [0.15, 0.2) is 164 Å². The zero-order valence-corrected chi connectivity index (χ0v) is 32.6. The molecular weight excluding hydrogens is 736 g/mol. The van der Waals surface area contributed by atoms with Crippen LogP contribution in [0.4, 0.5) is 18.9 Å². The molecule has 0 spiro atoms. The summed E-state index contributed by atoms with van der Waals surface area (Å²) in [6, 6.07) is 54.2. The summed E-state index contributed by atoms with van der Waals surface area (Å²) >= 11 is 0. The van der Waals surface area contributed by atoms with Crippen molar-refractivity contribution in [2.45, 2.75) is 26.9 Å². The lowest BCUT2D eigenvalue weighted by molar-refractivity contribution is -0.137. The van der Waals surface area contributed by atoms with E-state index in [1.165, 1.54) is 0 Å². The molecule has 10 rings (SSSR count). The highest BCUT2D eigenvalue weighted by molar-refractivity contribution is 6.13. The second-order valence-electron chi connectivity index (χ2n) is 15.5. The van der Waals surface area contributed by atoms with Crippen LogP contribution in [0.2, 0.25) is 0 Å². The third-order valence-corrected chi connectivity index (χ3v) is 11.5. The summed E-state index contributed by atoms with van der Waals surface area (Å²) in [5.41, 5.74) is 12.5.